The Kier molecular flexibility index (Phi) is 5.68. The Labute approximate surface area is 196 Å². The van der Waals surface area contributed by atoms with E-state index in [2.05, 4.69) is 21.2 Å². The summed E-state index contributed by atoms with van der Waals surface area (Å²) in [5.74, 6) is 0.853. The van der Waals surface area contributed by atoms with Gasteiger partial charge in [-0.15, -0.1) is 10.2 Å². The molecule has 160 valence electrons. The second-order valence-corrected chi connectivity index (χ2v) is 8.59. The summed E-state index contributed by atoms with van der Waals surface area (Å²) in [6.45, 7) is 2.68. The molecule has 3 aromatic carbocycles. The van der Waals surface area contributed by atoms with Crippen molar-refractivity contribution in [3.8, 4) is 11.3 Å². The Bertz CT molecular complexity index is 1280. The van der Waals surface area contributed by atoms with Crippen LogP contribution in [0.25, 0.3) is 22.0 Å². The topological polar surface area (TPSA) is 49.3 Å². The Morgan fingerprint density at radius 1 is 0.781 bits per heavy atom. The van der Waals surface area contributed by atoms with Crippen LogP contribution in [-0.2, 0) is 0 Å². The molecule has 4 aromatic rings. The van der Waals surface area contributed by atoms with Gasteiger partial charge < -0.3 is 9.80 Å². The zero-order valence-electron chi connectivity index (χ0n) is 17.2. The molecule has 1 aromatic heterocycles. The number of anilines is 1. The Balaban J connectivity index is 1.25. The normalized spacial score (nSPS) is 14.1. The fourth-order valence-electron chi connectivity index (χ4n) is 3.98. The Morgan fingerprint density at radius 2 is 1.56 bits per heavy atom. The number of halogens is 2. The highest BCUT2D eigenvalue weighted by Gasteiger charge is 2.23. The molecule has 32 heavy (non-hydrogen) atoms. The Morgan fingerprint density at radius 3 is 2.28 bits per heavy atom. The molecule has 1 amide bonds. The van der Waals surface area contributed by atoms with Crippen molar-refractivity contribution < 1.29 is 4.79 Å². The van der Waals surface area contributed by atoms with Crippen LogP contribution in [0.4, 0.5) is 5.82 Å². The number of aromatic nitrogens is 2. The number of rotatable bonds is 3. The molecular weight excluding hydrogens is 443 g/mol. The molecule has 2 heterocycles. The number of hydrogen-bond acceptors (Lipinski definition) is 4. The van der Waals surface area contributed by atoms with Crippen molar-refractivity contribution in [1.82, 2.24) is 15.1 Å². The summed E-state index contributed by atoms with van der Waals surface area (Å²) in [6, 6.07) is 23.1. The number of hydrogen-bond donors (Lipinski definition) is 0. The van der Waals surface area contributed by atoms with E-state index in [-0.39, 0.29) is 5.91 Å². The van der Waals surface area contributed by atoms with Crippen molar-refractivity contribution in [3.05, 3.63) is 88.4 Å². The second kappa shape index (κ2) is 8.77. The van der Waals surface area contributed by atoms with Crippen LogP contribution in [0.2, 0.25) is 10.0 Å². The summed E-state index contributed by atoms with van der Waals surface area (Å²) < 4.78 is 0. The van der Waals surface area contributed by atoms with Gasteiger partial charge in [0.1, 0.15) is 0 Å². The van der Waals surface area contributed by atoms with Gasteiger partial charge >= 0.3 is 0 Å². The van der Waals surface area contributed by atoms with Crippen LogP contribution in [0.1, 0.15) is 10.4 Å². The molecule has 0 unspecified atom stereocenters. The van der Waals surface area contributed by atoms with Gasteiger partial charge in [-0.1, -0.05) is 53.5 Å². The molecule has 0 aliphatic carbocycles. The van der Waals surface area contributed by atoms with Crippen molar-refractivity contribution in [1.29, 1.82) is 0 Å². The molecule has 5 rings (SSSR count). The number of amides is 1. The number of fused-ring (bicyclic) bond motifs is 1. The first-order valence-corrected chi connectivity index (χ1v) is 11.2. The molecule has 1 aliphatic heterocycles. The minimum atomic E-state index is 0.0641. The molecule has 5 nitrogen and oxygen atoms in total. The Hall–Kier alpha value is -3.15. The van der Waals surface area contributed by atoms with Crippen LogP contribution >= 0.6 is 23.2 Å². The summed E-state index contributed by atoms with van der Waals surface area (Å²) in [5, 5.41) is 12.1. The lowest BCUT2D eigenvalue weighted by Gasteiger charge is -2.35. The number of piperazine rings is 1. The molecule has 0 saturated carbocycles. The number of carbonyl (C=O) groups excluding carboxylic acids is 1. The van der Waals surface area contributed by atoms with Crippen LogP contribution in [0, 0.1) is 0 Å². The van der Waals surface area contributed by atoms with Gasteiger partial charge in [0, 0.05) is 42.3 Å². The summed E-state index contributed by atoms with van der Waals surface area (Å²) >= 11 is 12.3. The van der Waals surface area contributed by atoms with Gasteiger partial charge in [0.2, 0.25) is 0 Å². The van der Waals surface area contributed by atoms with Crippen LogP contribution in [0.3, 0.4) is 0 Å². The van der Waals surface area contributed by atoms with Crippen LogP contribution in [0.5, 0.6) is 0 Å². The summed E-state index contributed by atoms with van der Waals surface area (Å²) in [5.41, 5.74) is 2.21. The SMILES string of the molecule is O=C(c1ccc2ccccc2c1)N1CCN(c2ccc(-c3ccc(Cl)cc3Cl)nn2)CC1. The molecule has 0 N–H and O–H groups in total. The van der Waals surface area contributed by atoms with Crippen molar-refractivity contribution in [2.24, 2.45) is 0 Å². The average molecular weight is 463 g/mol. The first-order chi connectivity index (χ1) is 15.6. The molecule has 0 atom stereocenters. The first-order valence-electron chi connectivity index (χ1n) is 10.4. The van der Waals surface area contributed by atoms with Crippen LogP contribution < -0.4 is 4.90 Å². The lowest BCUT2D eigenvalue weighted by atomic mass is 10.1. The molecule has 0 spiro atoms. The van der Waals surface area contributed by atoms with E-state index >= 15 is 0 Å². The van der Waals surface area contributed by atoms with Gasteiger partial charge in [0.15, 0.2) is 5.82 Å². The fraction of sp³-hybridized carbons (Fsp3) is 0.160. The predicted octanol–water partition coefficient (Wildman–Crippen LogP) is 5.57. The van der Waals surface area contributed by atoms with Crippen molar-refractivity contribution in [2.45, 2.75) is 0 Å². The van der Waals surface area contributed by atoms with Crippen molar-refractivity contribution in [2.75, 3.05) is 31.1 Å². The quantitative estimate of drug-likeness (QED) is 0.399. The largest absolute Gasteiger partial charge is 0.352 e. The predicted molar refractivity (Wildman–Crippen MR) is 130 cm³/mol. The standard InChI is InChI=1S/C25H20Cl2N4O/c26-20-7-8-21(22(27)16-20)23-9-10-24(29-28-23)30-11-13-31(14-12-30)25(32)19-6-5-17-3-1-2-4-18(17)15-19/h1-10,15-16H,11-14H2. The third kappa shape index (κ3) is 4.14. The van der Waals surface area contributed by atoms with Gasteiger partial charge in [-0.3, -0.25) is 4.79 Å². The molecular formula is C25H20Cl2N4O. The van der Waals surface area contributed by atoms with Gasteiger partial charge in [-0.05, 0) is 53.2 Å². The highest BCUT2D eigenvalue weighted by molar-refractivity contribution is 6.36. The van der Waals surface area contributed by atoms with E-state index in [1.807, 2.05) is 59.5 Å². The van der Waals surface area contributed by atoms with E-state index in [9.17, 15) is 4.79 Å². The third-order valence-electron chi connectivity index (χ3n) is 5.74. The summed E-state index contributed by atoms with van der Waals surface area (Å²) in [7, 11) is 0. The maximum atomic E-state index is 13.0. The smallest absolute Gasteiger partial charge is 0.253 e. The highest BCUT2D eigenvalue weighted by atomic mass is 35.5. The fourth-order valence-corrected chi connectivity index (χ4v) is 4.48. The third-order valence-corrected chi connectivity index (χ3v) is 6.29. The van der Waals surface area contributed by atoms with Gasteiger partial charge in [0.25, 0.3) is 5.91 Å². The molecule has 1 saturated heterocycles. The van der Waals surface area contributed by atoms with Gasteiger partial charge in [-0.25, -0.2) is 0 Å². The first kappa shape index (κ1) is 20.7. The summed E-state index contributed by atoms with van der Waals surface area (Å²) in [6.07, 6.45) is 0. The maximum absolute atomic E-state index is 13.0. The zero-order chi connectivity index (χ0) is 22.1. The number of benzene rings is 3. The van der Waals surface area contributed by atoms with E-state index < -0.39 is 0 Å². The van der Waals surface area contributed by atoms with E-state index in [4.69, 9.17) is 23.2 Å². The van der Waals surface area contributed by atoms with Crippen molar-refractivity contribution >= 4 is 45.7 Å². The molecule has 7 heteroatoms. The second-order valence-electron chi connectivity index (χ2n) is 7.74. The lowest BCUT2D eigenvalue weighted by molar-refractivity contribution is 0.0746. The average Bonchev–Trinajstić information content (AvgIpc) is 2.84. The van der Waals surface area contributed by atoms with Gasteiger partial charge in [0.05, 0.1) is 10.7 Å². The minimum Gasteiger partial charge on any atom is -0.352 e. The minimum absolute atomic E-state index is 0.0641. The molecule has 0 bridgehead atoms. The van der Waals surface area contributed by atoms with Gasteiger partial charge in [-0.2, -0.15) is 0 Å². The number of carbonyl (C=O) groups is 1. The van der Waals surface area contributed by atoms with Crippen LogP contribution in [-0.4, -0.2) is 47.2 Å². The molecule has 1 aliphatic rings. The van der Waals surface area contributed by atoms with E-state index in [1.165, 1.54) is 0 Å². The monoisotopic (exact) mass is 462 g/mol. The highest BCUT2D eigenvalue weighted by Crippen LogP contribution is 2.29. The van der Waals surface area contributed by atoms with E-state index in [1.54, 1.807) is 12.1 Å². The number of nitrogens with zero attached hydrogens (tertiary/aromatic N) is 4. The molecule has 0 radical (unpaired) electrons. The zero-order valence-corrected chi connectivity index (χ0v) is 18.7. The molecule has 1 fully saturated rings. The van der Waals surface area contributed by atoms with E-state index in [0.717, 1.165) is 27.7 Å². The maximum Gasteiger partial charge on any atom is 0.253 e. The van der Waals surface area contributed by atoms with Crippen molar-refractivity contribution in [3.63, 3.8) is 0 Å². The lowest BCUT2D eigenvalue weighted by Crippen LogP contribution is -2.49. The van der Waals surface area contributed by atoms with E-state index in [0.29, 0.717) is 41.9 Å². The summed E-state index contributed by atoms with van der Waals surface area (Å²) in [4.78, 5) is 17.0. The van der Waals surface area contributed by atoms with Crippen LogP contribution in [0.15, 0.2) is 72.8 Å².